The summed E-state index contributed by atoms with van der Waals surface area (Å²) in [6.07, 6.45) is 2.06. The summed E-state index contributed by atoms with van der Waals surface area (Å²) in [4.78, 5) is 11.2. The first kappa shape index (κ1) is 21.6. The third-order valence-electron chi connectivity index (χ3n) is 6.51. The molecule has 0 radical (unpaired) electrons. The summed E-state index contributed by atoms with van der Waals surface area (Å²) >= 11 is 0. The minimum atomic E-state index is -0.328. The molecule has 0 fully saturated rings. The van der Waals surface area contributed by atoms with Gasteiger partial charge in [-0.1, -0.05) is 78.9 Å². The van der Waals surface area contributed by atoms with Crippen molar-refractivity contribution in [2.75, 3.05) is 0 Å². The highest BCUT2D eigenvalue weighted by molar-refractivity contribution is 5.89. The lowest BCUT2D eigenvalue weighted by Crippen LogP contribution is -1.95. The Morgan fingerprint density at radius 2 is 1.17 bits per heavy atom. The van der Waals surface area contributed by atoms with E-state index in [0.29, 0.717) is 5.56 Å². The highest BCUT2D eigenvalue weighted by atomic mass is 16.6. The molecule has 36 heavy (non-hydrogen) atoms. The van der Waals surface area contributed by atoms with Gasteiger partial charge in [-0.05, 0) is 70.3 Å². The van der Waals surface area contributed by atoms with Gasteiger partial charge in [0.25, 0.3) is 5.69 Å². The van der Waals surface area contributed by atoms with Crippen LogP contribution in [0, 0.1) is 10.1 Å². The van der Waals surface area contributed by atoms with Crippen molar-refractivity contribution in [3.8, 4) is 39.1 Å². The molecule has 0 aliphatic heterocycles. The van der Waals surface area contributed by atoms with Gasteiger partial charge in [0.2, 0.25) is 0 Å². The molecule has 0 aliphatic rings. The van der Waals surface area contributed by atoms with E-state index in [1.165, 1.54) is 0 Å². The van der Waals surface area contributed by atoms with Gasteiger partial charge >= 0.3 is 0 Å². The minimum Gasteiger partial charge on any atom is -0.317 e. The summed E-state index contributed by atoms with van der Waals surface area (Å²) in [7, 11) is 0. The first-order valence-corrected chi connectivity index (χ1v) is 11.8. The van der Waals surface area contributed by atoms with E-state index in [0.717, 1.165) is 44.4 Å². The Morgan fingerprint density at radius 1 is 0.556 bits per heavy atom. The average molecular weight is 467 g/mol. The zero-order chi connectivity index (χ0) is 24.5. The number of nitrogens with zero attached hydrogens (tertiary/aromatic N) is 2. The van der Waals surface area contributed by atoms with Gasteiger partial charge in [0, 0.05) is 23.3 Å². The lowest BCUT2D eigenvalue weighted by molar-refractivity contribution is -0.384. The SMILES string of the molecule is O=[N+]([O-])c1ccccc1-c1ccc2c(ccn2-c2cc(-c3ccccc3)cc(-c3ccccc3)c2)c1. The van der Waals surface area contributed by atoms with E-state index in [1.54, 1.807) is 18.2 Å². The van der Waals surface area contributed by atoms with Crippen LogP contribution >= 0.6 is 0 Å². The Bertz CT molecular complexity index is 1650. The molecular formula is C32H22N2O2. The lowest BCUT2D eigenvalue weighted by atomic mass is 9.98. The predicted octanol–water partition coefficient (Wildman–Crippen LogP) is 8.54. The van der Waals surface area contributed by atoms with Crippen molar-refractivity contribution in [1.82, 2.24) is 4.57 Å². The monoisotopic (exact) mass is 466 g/mol. The van der Waals surface area contributed by atoms with Crippen molar-refractivity contribution in [2.24, 2.45) is 0 Å². The first-order valence-electron chi connectivity index (χ1n) is 11.8. The standard InChI is InChI=1S/C32H22N2O2/c35-34(36)32-14-8-7-13-30(32)25-15-16-31-26(19-25)17-18-33(31)29-21-27(23-9-3-1-4-10-23)20-28(22-29)24-11-5-2-6-12-24/h1-22H. The Labute approximate surface area is 208 Å². The van der Waals surface area contributed by atoms with Crippen molar-refractivity contribution in [2.45, 2.75) is 0 Å². The van der Waals surface area contributed by atoms with E-state index in [9.17, 15) is 10.1 Å². The zero-order valence-corrected chi connectivity index (χ0v) is 19.4. The number of benzene rings is 5. The number of hydrogen-bond donors (Lipinski definition) is 0. The zero-order valence-electron chi connectivity index (χ0n) is 19.4. The largest absolute Gasteiger partial charge is 0.317 e. The van der Waals surface area contributed by atoms with Crippen LogP contribution in [-0.4, -0.2) is 9.49 Å². The predicted molar refractivity (Wildman–Crippen MR) is 146 cm³/mol. The van der Waals surface area contributed by atoms with Crippen LogP contribution in [-0.2, 0) is 0 Å². The molecule has 0 saturated heterocycles. The molecule has 0 N–H and O–H groups in total. The van der Waals surface area contributed by atoms with Gasteiger partial charge in [0.1, 0.15) is 0 Å². The van der Waals surface area contributed by atoms with Crippen LogP contribution in [0.25, 0.3) is 50.0 Å². The molecule has 1 heterocycles. The molecule has 1 aromatic heterocycles. The molecule has 6 rings (SSSR count). The average Bonchev–Trinajstić information content (AvgIpc) is 3.37. The van der Waals surface area contributed by atoms with Crippen LogP contribution in [0.4, 0.5) is 5.69 Å². The number of hydrogen-bond acceptors (Lipinski definition) is 2. The van der Waals surface area contributed by atoms with Crippen LogP contribution in [0.2, 0.25) is 0 Å². The van der Waals surface area contributed by atoms with Gasteiger partial charge in [-0.2, -0.15) is 0 Å². The summed E-state index contributed by atoms with van der Waals surface area (Å²) < 4.78 is 2.18. The van der Waals surface area contributed by atoms with Crippen molar-refractivity contribution in [3.05, 3.63) is 144 Å². The molecule has 4 nitrogen and oxygen atoms in total. The van der Waals surface area contributed by atoms with Crippen molar-refractivity contribution < 1.29 is 4.92 Å². The molecule has 6 aromatic rings. The molecule has 0 aliphatic carbocycles. The molecule has 0 saturated carbocycles. The summed E-state index contributed by atoms with van der Waals surface area (Å²) in [5.41, 5.74) is 8.27. The number of aromatic nitrogens is 1. The number of fused-ring (bicyclic) bond motifs is 1. The molecule has 0 bridgehead atoms. The topological polar surface area (TPSA) is 48.1 Å². The fourth-order valence-corrected chi connectivity index (χ4v) is 4.76. The van der Waals surface area contributed by atoms with E-state index >= 15 is 0 Å². The van der Waals surface area contributed by atoms with E-state index in [4.69, 9.17) is 0 Å². The number of nitro groups is 1. The van der Waals surface area contributed by atoms with Crippen LogP contribution in [0.15, 0.2) is 134 Å². The van der Waals surface area contributed by atoms with Gasteiger partial charge in [-0.3, -0.25) is 10.1 Å². The Kier molecular flexibility index (Phi) is 5.39. The second-order valence-electron chi connectivity index (χ2n) is 8.73. The van der Waals surface area contributed by atoms with Crippen LogP contribution in [0.5, 0.6) is 0 Å². The van der Waals surface area contributed by atoms with Gasteiger partial charge in [0.05, 0.1) is 16.0 Å². The quantitative estimate of drug-likeness (QED) is 0.189. The summed E-state index contributed by atoms with van der Waals surface area (Å²) in [5, 5.41) is 12.6. The molecule has 0 spiro atoms. The number of rotatable bonds is 5. The molecule has 0 unspecified atom stereocenters. The Morgan fingerprint density at radius 3 is 1.81 bits per heavy atom. The maximum absolute atomic E-state index is 11.5. The minimum absolute atomic E-state index is 0.111. The molecule has 4 heteroatoms. The summed E-state index contributed by atoms with van der Waals surface area (Å²) in [5.74, 6) is 0. The van der Waals surface area contributed by atoms with Gasteiger partial charge in [-0.25, -0.2) is 0 Å². The molecule has 172 valence electrons. The molecule has 5 aromatic carbocycles. The highest BCUT2D eigenvalue weighted by Crippen LogP contribution is 2.34. The van der Waals surface area contributed by atoms with Gasteiger partial charge in [0.15, 0.2) is 0 Å². The van der Waals surface area contributed by atoms with Crippen LogP contribution in [0.1, 0.15) is 0 Å². The van der Waals surface area contributed by atoms with Crippen LogP contribution in [0.3, 0.4) is 0 Å². The third kappa shape index (κ3) is 3.95. The summed E-state index contributed by atoms with van der Waals surface area (Å²) in [6, 6.07) is 42.4. The Balaban J connectivity index is 1.50. The number of nitro benzene ring substituents is 1. The van der Waals surface area contributed by atoms with Gasteiger partial charge < -0.3 is 4.57 Å². The Hall–Kier alpha value is -4.96. The second-order valence-corrected chi connectivity index (χ2v) is 8.73. The lowest BCUT2D eigenvalue weighted by Gasteiger charge is -2.13. The van der Waals surface area contributed by atoms with Crippen LogP contribution < -0.4 is 0 Å². The van der Waals surface area contributed by atoms with E-state index in [2.05, 4.69) is 83.6 Å². The number of para-hydroxylation sites is 1. The fraction of sp³-hybridized carbons (Fsp3) is 0. The summed E-state index contributed by atoms with van der Waals surface area (Å²) in [6.45, 7) is 0. The van der Waals surface area contributed by atoms with E-state index < -0.39 is 0 Å². The molecule has 0 amide bonds. The van der Waals surface area contributed by atoms with Crippen molar-refractivity contribution in [3.63, 3.8) is 0 Å². The fourth-order valence-electron chi connectivity index (χ4n) is 4.76. The second kappa shape index (κ2) is 9.01. The van der Waals surface area contributed by atoms with Crippen molar-refractivity contribution >= 4 is 16.6 Å². The highest BCUT2D eigenvalue weighted by Gasteiger charge is 2.15. The maximum Gasteiger partial charge on any atom is 0.277 e. The smallest absolute Gasteiger partial charge is 0.277 e. The maximum atomic E-state index is 11.5. The third-order valence-corrected chi connectivity index (χ3v) is 6.51. The van der Waals surface area contributed by atoms with E-state index in [1.807, 2.05) is 36.4 Å². The van der Waals surface area contributed by atoms with E-state index in [-0.39, 0.29) is 10.6 Å². The molecule has 0 atom stereocenters. The van der Waals surface area contributed by atoms with Gasteiger partial charge in [-0.15, -0.1) is 0 Å². The van der Waals surface area contributed by atoms with Crippen molar-refractivity contribution in [1.29, 1.82) is 0 Å². The first-order chi connectivity index (χ1) is 17.7. The normalized spacial score (nSPS) is 11.0. The molecular weight excluding hydrogens is 444 g/mol.